The first kappa shape index (κ1) is 18.1. The lowest BCUT2D eigenvalue weighted by atomic mass is 10.1. The van der Waals surface area contributed by atoms with Crippen molar-refractivity contribution in [2.45, 2.75) is 25.7 Å². The molecule has 1 fully saturated rings. The van der Waals surface area contributed by atoms with Gasteiger partial charge in [-0.1, -0.05) is 18.2 Å². The fourth-order valence-electron chi connectivity index (χ4n) is 3.15. The zero-order valence-corrected chi connectivity index (χ0v) is 14.7. The molecular weight excluding hydrogens is 331 g/mol. The number of rotatable bonds is 5. The van der Waals surface area contributed by atoms with Gasteiger partial charge in [0.15, 0.2) is 0 Å². The van der Waals surface area contributed by atoms with E-state index in [9.17, 15) is 14.0 Å². The average Bonchev–Trinajstić information content (AvgIpc) is 2.69. The van der Waals surface area contributed by atoms with Crippen molar-refractivity contribution in [3.8, 4) is 0 Å². The lowest BCUT2D eigenvalue weighted by Crippen LogP contribution is -2.35. The monoisotopic (exact) mass is 354 g/mol. The van der Waals surface area contributed by atoms with Crippen LogP contribution in [0.1, 0.15) is 45.5 Å². The van der Waals surface area contributed by atoms with E-state index in [-0.39, 0.29) is 17.6 Å². The van der Waals surface area contributed by atoms with Crippen molar-refractivity contribution in [2.75, 3.05) is 19.6 Å². The van der Waals surface area contributed by atoms with E-state index in [2.05, 4.69) is 5.32 Å². The third kappa shape index (κ3) is 4.69. The molecule has 3 rings (SSSR count). The van der Waals surface area contributed by atoms with E-state index in [1.54, 1.807) is 36.4 Å². The number of amides is 2. The molecule has 1 heterocycles. The zero-order valence-electron chi connectivity index (χ0n) is 14.7. The molecular formula is C21H23FN2O2. The van der Waals surface area contributed by atoms with E-state index in [1.165, 1.54) is 18.6 Å². The van der Waals surface area contributed by atoms with Gasteiger partial charge in [0.25, 0.3) is 11.8 Å². The molecule has 0 saturated carbocycles. The lowest BCUT2D eigenvalue weighted by molar-refractivity contribution is 0.0724. The highest BCUT2D eigenvalue weighted by molar-refractivity contribution is 5.99. The summed E-state index contributed by atoms with van der Waals surface area (Å²) in [4.78, 5) is 26.8. The number of nitrogens with zero attached hydrogens (tertiary/aromatic N) is 1. The van der Waals surface area contributed by atoms with Crippen molar-refractivity contribution in [3.05, 3.63) is 71.0 Å². The van der Waals surface area contributed by atoms with E-state index in [0.29, 0.717) is 24.1 Å². The van der Waals surface area contributed by atoms with E-state index >= 15 is 0 Å². The molecule has 26 heavy (non-hydrogen) atoms. The fourth-order valence-corrected chi connectivity index (χ4v) is 3.15. The molecule has 5 heteroatoms. The van der Waals surface area contributed by atoms with Gasteiger partial charge in [-0.15, -0.1) is 0 Å². The Morgan fingerprint density at radius 2 is 1.65 bits per heavy atom. The van der Waals surface area contributed by atoms with Gasteiger partial charge < -0.3 is 10.2 Å². The highest BCUT2D eigenvalue weighted by Gasteiger charge is 2.19. The molecule has 4 nitrogen and oxygen atoms in total. The van der Waals surface area contributed by atoms with E-state index in [4.69, 9.17) is 0 Å². The molecule has 0 atom stereocenters. The number of likely N-dealkylation sites (tertiary alicyclic amines) is 1. The SMILES string of the molecule is O=C(NCCc1ccc(F)cc1)c1cccc(C(=O)N2CCCCC2)c1. The Morgan fingerprint density at radius 1 is 0.962 bits per heavy atom. The number of hydrogen-bond donors (Lipinski definition) is 1. The Bertz CT molecular complexity index is 768. The first-order valence-corrected chi connectivity index (χ1v) is 9.05. The van der Waals surface area contributed by atoms with Crippen LogP contribution in [0.5, 0.6) is 0 Å². The van der Waals surface area contributed by atoms with Crippen molar-refractivity contribution in [3.63, 3.8) is 0 Å². The Kier molecular flexibility index (Phi) is 6.00. The Labute approximate surface area is 153 Å². The van der Waals surface area contributed by atoms with Crippen molar-refractivity contribution in [1.29, 1.82) is 0 Å². The van der Waals surface area contributed by atoms with E-state index < -0.39 is 0 Å². The van der Waals surface area contributed by atoms with Gasteiger partial charge in [0.05, 0.1) is 0 Å². The summed E-state index contributed by atoms with van der Waals surface area (Å²) in [6.45, 7) is 2.02. The Balaban J connectivity index is 1.57. The molecule has 0 spiro atoms. The molecule has 1 N–H and O–H groups in total. The normalized spacial score (nSPS) is 14.1. The maximum atomic E-state index is 12.9. The summed E-state index contributed by atoms with van der Waals surface area (Å²) in [7, 11) is 0. The van der Waals surface area contributed by atoms with Crippen LogP contribution in [-0.4, -0.2) is 36.3 Å². The molecule has 1 aliphatic heterocycles. The van der Waals surface area contributed by atoms with Crippen LogP contribution in [0.3, 0.4) is 0 Å². The van der Waals surface area contributed by atoms with Gasteiger partial charge in [-0.2, -0.15) is 0 Å². The van der Waals surface area contributed by atoms with Crippen LogP contribution in [0, 0.1) is 5.82 Å². The second-order valence-electron chi connectivity index (χ2n) is 6.57. The zero-order chi connectivity index (χ0) is 18.4. The van der Waals surface area contributed by atoms with Crippen molar-refractivity contribution >= 4 is 11.8 Å². The molecule has 0 aromatic heterocycles. The standard InChI is InChI=1S/C21H23FN2O2/c22-19-9-7-16(8-10-19)11-12-23-20(25)17-5-4-6-18(15-17)21(26)24-13-2-1-3-14-24/h4-10,15H,1-3,11-14H2,(H,23,25). The summed E-state index contributed by atoms with van der Waals surface area (Å²) >= 11 is 0. The first-order chi connectivity index (χ1) is 12.6. The van der Waals surface area contributed by atoms with Gasteiger partial charge in [0, 0.05) is 30.8 Å². The topological polar surface area (TPSA) is 49.4 Å². The van der Waals surface area contributed by atoms with Crippen molar-refractivity contribution in [2.24, 2.45) is 0 Å². The van der Waals surface area contributed by atoms with Crippen molar-refractivity contribution in [1.82, 2.24) is 10.2 Å². The summed E-state index contributed by atoms with van der Waals surface area (Å²) in [6.07, 6.45) is 3.86. The molecule has 2 aromatic rings. The van der Waals surface area contributed by atoms with E-state index in [1.807, 2.05) is 4.90 Å². The molecule has 0 bridgehead atoms. The number of nitrogens with one attached hydrogen (secondary N) is 1. The van der Waals surface area contributed by atoms with Crippen LogP contribution >= 0.6 is 0 Å². The molecule has 2 amide bonds. The minimum Gasteiger partial charge on any atom is -0.352 e. The minimum absolute atomic E-state index is 0.00865. The average molecular weight is 354 g/mol. The second kappa shape index (κ2) is 8.61. The minimum atomic E-state index is -0.270. The van der Waals surface area contributed by atoms with Gasteiger partial charge >= 0.3 is 0 Å². The highest BCUT2D eigenvalue weighted by atomic mass is 19.1. The lowest BCUT2D eigenvalue weighted by Gasteiger charge is -2.26. The van der Waals surface area contributed by atoms with Gasteiger partial charge in [-0.05, 0) is 61.6 Å². The second-order valence-corrected chi connectivity index (χ2v) is 6.57. The number of halogens is 1. The Morgan fingerprint density at radius 3 is 2.38 bits per heavy atom. The number of carbonyl (C=O) groups is 2. The quantitative estimate of drug-likeness (QED) is 0.894. The largest absolute Gasteiger partial charge is 0.352 e. The molecule has 1 saturated heterocycles. The summed E-state index contributed by atoms with van der Waals surface area (Å²) in [5.41, 5.74) is 1.99. The third-order valence-electron chi connectivity index (χ3n) is 4.63. The van der Waals surface area contributed by atoms with E-state index in [0.717, 1.165) is 31.5 Å². The molecule has 0 radical (unpaired) electrons. The maximum absolute atomic E-state index is 12.9. The summed E-state index contributed by atoms with van der Waals surface area (Å²) in [6, 6.07) is 13.1. The summed E-state index contributed by atoms with van der Waals surface area (Å²) in [5.74, 6) is -0.487. The number of piperidine rings is 1. The van der Waals surface area contributed by atoms with Crippen LogP contribution in [0.4, 0.5) is 4.39 Å². The van der Waals surface area contributed by atoms with Crippen molar-refractivity contribution < 1.29 is 14.0 Å². The molecule has 2 aromatic carbocycles. The van der Waals surface area contributed by atoms with Crippen LogP contribution in [0.25, 0.3) is 0 Å². The molecule has 0 unspecified atom stereocenters. The number of benzene rings is 2. The predicted molar refractivity (Wildman–Crippen MR) is 98.6 cm³/mol. The highest BCUT2D eigenvalue weighted by Crippen LogP contribution is 2.14. The van der Waals surface area contributed by atoms with Gasteiger partial charge in [0.1, 0.15) is 5.82 Å². The fraction of sp³-hybridized carbons (Fsp3) is 0.333. The molecule has 1 aliphatic rings. The van der Waals surface area contributed by atoms with Crippen LogP contribution in [0.2, 0.25) is 0 Å². The van der Waals surface area contributed by atoms with Crippen LogP contribution < -0.4 is 5.32 Å². The number of hydrogen-bond acceptors (Lipinski definition) is 2. The van der Waals surface area contributed by atoms with Gasteiger partial charge in [-0.25, -0.2) is 4.39 Å². The van der Waals surface area contributed by atoms with Crippen LogP contribution in [0.15, 0.2) is 48.5 Å². The third-order valence-corrected chi connectivity index (χ3v) is 4.63. The first-order valence-electron chi connectivity index (χ1n) is 9.05. The van der Waals surface area contributed by atoms with Gasteiger partial charge in [-0.3, -0.25) is 9.59 Å². The maximum Gasteiger partial charge on any atom is 0.253 e. The van der Waals surface area contributed by atoms with Crippen LogP contribution in [-0.2, 0) is 6.42 Å². The summed E-state index contributed by atoms with van der Waals surface area (Å²) < 4.78 is 12.9. The smallest absolute Gasteiger partial charge is 0.253 e. The van der Waals surface area contributed by atoms with Gasteiger partial charge in [0.2, 0.25) is 0 Å². The summed E-state index contributed by atoms with van der Waals surface area (Å²) in [5, 5.41) is 2.85. The molecule has 0 aliphatic carbocycles. The predicted octanol–water partition coefficient (Wildman–Crippen LogP) is 3.42. The molecule has 136 valence electrons. The number of carbonyl (C=O) groups excluding carboxylic acids is 2. The Hall–Kier alpha value is -2.69.